The van der Waals surface area contributed by atoms with Crippen molar-refractivity contribution >= 4 is 33.4 Å². The van der Waals surface area contributed by atoms with Gasteiger partial charge in [0, 0.05) is 49.3 Å². The number of hydrogen-bond donors (Lipinski definition) is 0. The normalized spacial score (nSPS) is 17.1. The van der Waals surface area contributed by atoms with E-state index in [9.17, 15) is 4.79 Å². The molecule has 4 nitrogen and oxygen atoms in total. The zero-order chi connectivity index (χ0) is 19.1. The Hall–Kier alpha value is -2.21. The standard InChI is InChI=1S/C23H24N2O2S/c1-16-21(22(26)19-14-17-4-2-3-5-18(17)15-19)20-6-13-28-23(20)25(16)8-7-24-9-11-27-12-10-24/h2-6,13-14H,7-12,15H2,1H3. The summed E-state index contributed by atoms with van der Waals surface area (Å²) in [6.07, 6.45) is 2.80. The topological polar surface area (TPSA) is 34.5 Å². The average molecular weight is 393 g/mol. The summed E-state index contributed by atoms with van der Waals surface area (Å²) in [5.74, 6) is 0.183. The molecule has 3 heterocycles. The van der Waals surface area contributed by atoms with Crippen molar-refractivity contribution in [3.63, 3.8) is 0 Å². The van der Waals surface area contributed by atoms with E-state index >= 15 is 0 Å². The van der Waals surface area contributed by atoms with E-state index in [4.69, 9.17) is 4.74 Å². The lowest BCUT2D eigenvalue weighted by molar-refractivity contribution is 0.0365. The molecule has 28 heavy (non-hydrogen) atoms. The fraction of sp³-hybridized carbons (Fsp3) is 0.348. The third-order valence-electron chi connectivity index (χ3n) is 5.95. The summed E-state index contributed by atoms with van der Waals surface area (Å²) in [6.45, 7) is 7.62. The van der Waals surface area contributed by atoms with Gasteiger partial charge in [0.05, 0.1) is 18.8 Å². The highest BCUT2D eigenvalue weighted by Crippen LogP contribution is 2.34. The van der Waals surface area contributed by atoms with Crippen LogP contribution >= 0.6 is 11.3 Å². The number of Topliss-reactive ketones (excluding diaryl/α,β-unsaturated/α-hetero) is 1. The minimum Gasteiger partial charge on any atom is -0.379 e. The molecule has 0 radical (unpaired) electrons. The number of hydrogen-bond acceptors (Lipinski definition) is 4. The second kappa shape index (κ2) is 7.32. The second-order valence-electron chi connectivity index (χ2n) is 7.58. The van der Waals surface area contributed by atoms with Gasteiger partial charge in [0.2, 0.25) is 0 Å². The van der Waals surface area contributed by atoms with Crippen molar-refractivity contribution in [2.24, 2.45) is 0 Å². The van der Waals surface area contributed by atoms with Crippen LogP contribution in [0.1, 0.15) is 27.2 Å². The molecule has 1 aliphatic heterocycles. The summed E-state index contributed by atoms with van der Waals surface area (Å²) in [4.78, 5) is 17.1. The first-order valence-corrected chi connectivity index (χ1v) is 10.8. The van der Waals surface area contributed by atoms with Crippen molar-refractivity contribution in [2.45, 2.75) is 19.9 Å². The van der Waals surface area contributed by atoms with E-state index in [-0.39, 0.29) is 5.78 Å². The van der Waals surface area contributed by atoms with Crippen molar-refractivity contribution in [2.75, 3.05) is 32.8 Å². The van der Waals surface area contributed by atoms with Gasteiger partial charge >= 0.3 is 0 Å². The number of aromatic nitrogens is 1. The molecule has 1 fully saturated rings. The van der Waals surface area contributed by atoms with Crippen molar-refractivity contribution < 1.29 is 9.53 Å². The summed E-state index contributed by atoms with van der Waals surface area (Å²) in [5, 5.41) is 3.20. The number of carbonyl (C=O) groups is 1. The fourth-order valence-corrected chi connectivity index (χ4v) is 5.38. The van der Waals surface area contributed by atoms with Gasteiger partial charge in [-0.15, -0.1) is 11.3 Å². The molecule has 0 unspecified atom stereocenters. The van der Waals surface area contributed by atoms with E-state index in [0.29, 0.717) is 0 Å². The molecular formula is C23H24N2O2S. The van der Waals surface area contributed by atoms with Crippen LogP contribution in [0, 0.1) is 6.92 Å². The van der Waals surface area contributed by atoms with Gasteiger partial charge in [-0.25, -0.2) is 0 Å². The Labute approximate surface area is 169 Å². The fourth-order valence-electron chi connectivity index (χ4n) is 4.39. The highest BCUT2D eigenvalue weighted by molar-refractivity contribution is 7.16. The summed E-state index contributed by atoms with van der Waals surface area (Å²) in [6, 6.07) is 10.4. The lowest BCUT2D eigenvalue weighted by Gasteiger charge is -2.26. The largest absolute Gasteiger partial charge is 0.379 e. The predicted molar refractivity (Wildman–Crippen MR) is 114 cm³/mol. The zero-order valence-corrected chi connectivity index (χ0v) is 16.9. The number of ketones is 1. The van der Waals surface area contributed by atoms with Crippen LogP contribution in [0.4, 0.5) is 0 Å². The molecule has 2 aliphatic rings. The van der Waals surface area contributed by atoms with Crippen LogP contribution in [0.3, 0.4) is 0 Å². The third kappa shape index (κ3) is 3.04. The summed E-state index contributed by atoms with van der Waals surface area (Å²) < 4.78 is 7.79. The number of carbonyl (C=O) groups excluding carboxylic acids is 1. The minimum atomic E-state index is 0.183. The maximum atomic E-state index is 13.5. The van der Waals surface area contributed by atoms with Crippen molar-refractivity contribution in [1.82, 2.24) is 9.47 Å². The van der Waals surface area contributed by atoms with Crippen molar-refractivity contribution in [1.29, 1.82) is 0 Å². The number of morpholine rings is 1. The molecule has 2 aromatic heterocycles. The number of ether oxygens (including phenoxy) is 1. The smallest absolute Gasteiger partial charge is 0.191 e. The molecular weight excluding hydrogens is 368 g/mol. The molecule has 0 amide bonds. The monoisotopic (exact) mass is 392 g/mol. The van der Waals surface area contributed by atoms with Crippen LogP contribution < -0.4 is 0 Å². The van der Waals surface area contributed by atoms with Crippen LogP contribution in [-0.4, -0.2) is 48.1 Å². The van der Waals surface area contributed by atoms with E-state index in [0.717, 1.165) is 68.0 Å². The van der Waals surface area contributed by atoms with Crippen LogP contribution in [0.15, 0.2) is 41.3 Å². The van der Waals surface area contributed by atoms with E-state index < -0.39 is 0 Å². The number of fused-ring (bicyclic) bond motifs is 2. The summed E-state index contributed by atoms with van der Waals surface area (Å²) in [5.41, 5.74) is 5.31. The molecule has 5 rings (SSSR count). The van der Waals surface area contributed by atoms with Crippen LogP contribution in [-0.2, 0) is 17.7 Å². The minimum absolute atomic E-state index is 0.183. The SMILES string of the molecule is Cc1c(C(=O)C2=Cc3ccccc3C2)c2ccsc2n1CCN1CCOCC1. The van der Waals surface area contributed by atoms with E-state index in [1.54, 1.807) is 11.3 Å². The Kier molecular flexibility index (Phi) is 4.67. The highest BCUT2D eigenvalue weighted by atomic mass is 32.1. The zero-order valence-electron chi connectivity index (χ0n) is 16.1. The molecule has 1 saturated heterocycles. The molecule has 1 aromatic carbocycles. The Balaban J connectivity index is 1.45. The lowest BCUT2D eigenvalue weighted by Crippen LogP contribution is -2.38. The number of benzene rings is 1. The number of allylic oxidation sites excluding steroid dienone is 1. The third-order valence-corrected chi connectivity index (χ3v) is 6.89. The Morgan fingerprint density at radius 3 is 2.79 bits per heavy atom. The quantitative estimate of drug-likeness (QED) is 0.612. The van der Waals surface area contributed by atoms with Gasteiger partial charge in [-0.3, -0.25) is 9.69 Å². The van der Waals surface area contributed by atoms with Crippen molar-refractivity contribution in [3.8, 4) is 0 Å². The van der Waals surface area contributed by atoms with Gasteiger partial charge in [0.25, 0.3) is 0 Å². The van der Waals surface area contributed by atoms with E-state index in [2.05, 4.69) is 46.0 Å². The van der Waals surface area contributed by atoms with Crippen molar-refractivity contribution in [3.05, 3.63) is 63.7 Å². The average Bonchev–Trinajstić information content (AvgIpc) is 3.41. The summed E-state index contributed by atoms with van der Waals surface area (Å²) >= 11 is 1.73. The highest BCUT2D eigenvalue weighted by Gasteiger charge is 2.26. The lowest BCUT2D eigenvalue weighted by atomic mass is 10.00. The van der Waals surface area contributed by atoms with Crippen LogP contribution in [0.5, 0.6) is 0 Å². The van der Waals surface area contributed by atoms with Gasteiger partial charge < -0.3 is 9.30 Å². The Morgan fingerprint density at radius 1 is 1.14 bits per heavy atom. The molecule has 0 bridgehead atoms. The Morgan fingerprint density at radius 2 is 1.96 bits per heavy atom. The van der Waals surface area contributed by atoms with Gasteiger partial charge in [-0.05, 0) is 35.6 Å². The van der Waals surface area contributed by atoms with Gasteiger partial charge in [-0.1, -0.05) is 24.3 Å². The van der Waals surface area contributed by atoms with Crippen LogP contribution in [0.25, 0.3) is 16.3 Å². The number of rotatable bonds is 5. The van der Waals surface area contributed by atoms with Gasteiger partial charge in [0.1, 0.15) is 4.83 Å². The maximum Gasteiger partial charge on any atom is 0.191 e. The summed E-state index contributed by atoms with van der Waals surface area (Å²) in [7, 11) is 0. The van der Waals surface area contributed by atoms with Crippen LogP contribution in [0.2, 0.25) is 0 Å². The second-order valence-corrected chi connectivity index (χ2v) is 8.47. The first-order chi connectivity index (χ1) is 13.7. The van der Waals surface area contributed by atoms with E-state index in [1.807, 2.05) is 12.1 Å². The molecule has 0 atom stereocenters. The van der Waals surface area contributed by atoms with Gasteiger partial charge in [-0.2, -0.15) is 0 Å². The number of nitrogens with zero attached hydrogens (tertiary/aromatic N) is 2. The van der Waals surface area contributed by atoms with E-state index in [1.165, 1.54) is 16.0 Å². The predicted octanol–water partition coefficient (Wildman–Crippen LogP) is 4.17. The van der Waals surface area contributed by atoms with Gasteiger partial charge in [0.15, 0.2) is 5.78 Å². The molecule has 5 heteroatoms. The first-order valence-electron chi connectivity index (χ1n) is 9.92. The number of thiophene rings is 1. The molecule has 0 saturated carbocycles. The molecule has 0 N–H and O–H groups in total. The molecule has 3 aromatic rings. The Bertz CT molecular complexity index is 1070. The molecule has 1 aliphatic carbocycles. The molecule has 0 spiro atoms. The first kappa shape index (κ1) is 17.9. The maximum absolute atomic E-state index is 13.5. The molecule has 144 valence electrons.